The number of carbonyl (C=O) groups is 2. The van der Waals surface area contributed by atoms with E-state index in [0.717, 1.165) is 0 Å². The molecule has 0 rings (SSSR count). The average Bonchev–Trinajstić information content (AvgIpc) is 2.03. The Morgan fingerprint density at radius 2 is 1.45 bits per heavy atom. The molecule has 0 radical (unpaired) electrons. The first-order valence-corrected chi connectivity index (χ1v) is 3.23. The van der Waals surface area contributed by atoms with Gasteiger partial charge < -0.3 is 14.8 Å². The van der Waals surface area contributed by atoms with Gasteiger partial charge in [0.05, 0.1) is 0 Å². The van der Waals surface area contributed by atoms with Crippen molar-refractivity contribution in [2.75, 3.05) is 26.3 Å². The van der Waals surface area contributed by atoms with E-state index in [-0.39, 0.29) is 0 Å². The largest absolute Gasteiger partial charge is 0.467 e. The molecule has 0 aromatic carbocycles. The summed E-state index contributed by atoms with van der Waals surface area (Å²) in [4.78, 5) is 19.2. The van der Waals surface area contributed by atoms with Crippen molar-refractivity contribution < 1.29 is 19.1 Å². The van der Waals surface area contributed by atoms with Gasteiger partial charge in [-0.1, -0.05) is 0 Å². The molecule has 0 aliphatic rings. The lowest BCUT2D eigenvalue weighted by molar-refractivity contribution is -0.128. The highest BCUT2D eigenvalue weighted by Crippen LogP contribution is 1.67. The third-order valence-corrected chi connectivity index (χ3v) is 0.929. The Hall–Kier alpha value is -1.10. The molecule has 0 fully saturated rings. The van der Waals surface area contributed by atoms with E-state index in [1.54, 1.807) is 0 Å². The van der Waals surface area contributed by atoms with Crippen molar-refractivity contribution in [3.8, 4) is 0 Å². The van der Waals surface area contributed by atoms with Crippen molar-refractivity contribution in [2.24, 2.45) is 0 Å². The van der Waals surface area contributed by atoms with Crippen molar-refractivity contribution in [3.05, 3.63) is 0 Å². The minimum atomic E-state index is 0.338. The van der Waals surface area contributed by atoms with E-state index in [1.807, 2.05) is 0 Å². The summed E-state index contributed by atoms with van der Waals surface area (Å²) in [6.45, 7) is 2.60. The van der Waals surface area contributed by atoms with Crippen LogP contribution in [0.4, 0.5) is 0 Å². The lowest BCUT2D eigenvalue weighted by atomic mass is 10.6. The molecule has 0 spiro atoms. The quantitative estimate of drug-likeness (QED) is 0.362. The Morgan fingerprint density at radius 3 is 1.82 bits per heavy atom. The molecule has 0 atom stereocenters. The van der Waals surface area contributed by atoms with E-state index in [9.17, 15) is 9.59 Å². The zero-order valence-electron chi connectivity index (χ0n) is 6.12. The van der Waals surface area contributed by atoms with Gasteiger partial charge in [-0.15, -0.1) is 0 Å². The van der Waals surface area contributed by atoms with E-state index >= 15 is 0 Å². The van der Waals surface area contributed by atoms with Crippen LogP contribution in [0.25, 0.3) is 0 Å². The van der Waals surface area contributed by atoms with Crippen LogP contribution < -0.4 is 5.32 Å². The molecular formula is C6H11NO4. The monoisotopic (exact) mass is 161 g/mol. The highest BCUT2D eigenvalue weighted by Gasteiger charge is 1.86. The third kappa shape index (κ3) is 8.90. The summed E-state index contributed by atoms with van der Waals surface area (Å²) < 4.78 is 8.77. The van der Waals surface area contributed by atoms with Crippen LogP contribution in [0.2, 0.25) is 0 Å². The van der Waals surface area contributed by atoms with Crippen LogP contribution in [0, 0.1) is 0 Å². The van der Waals surface area contributed by atoms with Gasteiger partial charge >= 0.3 is 0 Å². The summed E-state index contributed by atoms with van der Waals surface area (Å²) >= 11 is 0. The smallest absolute Gasteiger partial charge is 0.293 e. The van der Waals surface area contributed by atoms with Crippen LogP contribution >= 0.6 is 0 Å². The summed E-state index contributed by atoms with van der Waals surface area (Å²) in [5.41, 5.74) is 0. The summed E-state index contributed by atoms with van der Waals surface area (Å²) in [6.07, 6.45) is 0. The number of rotatable bonds is 8. The Bertz CT molecular complexity index is 94.8. The maximum atomic E-state index is 9.62. The molecule has 1 N–H and O–H groups in total. The van der Waals surface area contributed by atoms with Gasteiger partial charge in [0, 0.05) is 13.1 Å². The normalized spacial score (nSPS) is 8.73. The van der Waals surface area contributed by atoms with Gasteiger partial charge in [0.25, 0.3) is 12.9 Å². The Kier molecular flexibility index (Phi) is 8.01. The lowest BCUT2D eigenvalue weighted by Gasteiger charge is -2.01. The van der Waals surface area contributed by atoms with Gasteiger partial charge in [-0.05, 0) is 0 Å². The minimum Gasteiger partial charge on any atom is -0.467 e. The molecule has 0 aliphatic heterocycles. The number of hydrogen-bond acceptors (Lipinski definition) is 5. The van der Waals surface area contributed by atoms with Crippen molar-refractivity contribution in [2.45, 2.75) is 0 Å². The lowest BCUT2D eigenvalue weighted by Crippen LogP contribution is -2.23. The Labute approximate surface area is 64.7 Å². The van der Waals surface area contributed by atoms with Crippen molar-refractivity contribution in [3.63, 3.8) is 0 Å². The zero-order chi connectivity index (χ0) is 8.36. The molecule has 0 bridgehead atoms. The second-order valence-corrected chi connectivity index (χ2v) is 1.68. The van der Waals surface area contributed by atoms with E-state index < -0.39 is 0 Å². The first kappa shape index (κ1) is 9.90. The number of nitrogens with one attached hydrogen (secondary N) is 1. The van der Waals surface area contributed by atoms with E-state index in [1.165, 1.54) is 0 Å². The summed E-state index contributed by atoms with van der Waals surface area (Å²) in [5, 5.41) is 2.89. The molecule has 0 saturated carbocycles. The summed E-state index contributed by atoms with van der Waals surface area (Å²) in [6, 6.07) is 0. The first-order valence-electron chi connectivity index (χ1n) is 3.23. The second kappa shape index (κ2) is 8.90. The number of carbonyl (C=O) groups excluding carboxylic acids is 2. The van der Waals surface area contributed by atoms with Crippen molar-refractivity contribution in [1.29, 1.82) is 0 Å². The minimum absolute atomic E-state index is 0.338. The second-order valence-electron chi connectivity index (χ2n) is 1.68. The Morgan fingerprint density at radius 1 is 1.00 bits per heavy atom. The maximum Gasteiger partial charge on any atom is 0.293 e. The van der Waals surface area contributed by atoms with Crippen LogP contribution in [0.15, 0.2) is 0 Å². The van der Waals surface area contributed by atoms with Crippen LogP contribution in [0.3, 0.4) is 0 Å². The van der Waals surface area contributed by atoms with Crippen LogP contribution in [0.1, 0.15) is 0 Å². The third-order valence-electron chi connectivity index (χ3n) is 0.929. The van der Waals surface area contributed by atoms with Crippen LogP contribution in [0.5, 0.6) is 0 Å². The van der Waals surface area contributed by atoms with E-state index in [0.29, 0.717) is 39.2 Å². The van der Waals surface area contributed by atoms with Gasteiger partial charge in [0.2, 0.25) is 0 Å². The molecular weight excluding hydrogens is 150 g/mol. The Balaban J connectivity index is 2.79. The maximum absolute atomic E-state index is 9.62. The van der Waals surface area contributed by atoms with E-state index in [2.05, 4.69) is 14.8 Å². The topological polar surface area (TPSA) is 64.6 Å². The highest BCUT2D eigenvalue weighted by molar-refractivity contribution is 5.37. The zero-order valence-corrected chi connectivity index (χ0v) is 6.12. The standard InChI is InChI=1S/C6H11NO4/c8-5-10-3-1-7-2-4-11-6-9/h5-7H,1-4H2. The van der Waals surface area contributed by atoms with E-state index in [4.69, 9.17) is 0 Å². The van der Waals surface area contributed by atoms with Gasteiger partial charge in [-0.25, -0.2) is 0 Å². The molecule has 5 nitrogen and oxygen atoms in total. The van der Waals surface area contributed by atoms with Gasteiger partial charge in [-0.3, -0.25) is 9.59 Å². The first-order chi connectivity index (χ1) is 5.41. The molecule has 0 aromatic rings. The molecule has 0 aromatic heterocycles. The fourth-order valence-electron chi connectivity index (χ4n) is 0.483. The average molecular weight is 161 g/mol. The van der Waals surface area contributed by atoms with Gasteiger partial charge in [0.15, 0.2) is 0 Å². The van der Waals surface area contributed by atoms with Crippen LogP contribution in [-0.4, -0.2) is 39.2 Å². The van der Waals surface area contributed by atoms with Gasteiger partial charge in [0.1, 0.15) is 13.2 Å². The predicted octanol–water partition coefficient (Wildman–Crippen LogP) is -1.08. The molecule has 11 heavy (non-hydrogen) atoms. The molecule has 0 unspecified atom stereocenters. The summed E-state index contributed by atoms with van der Waals surface area (Å²) in [7, 11) is 0. The summed E-state index contributed by atoms with van der Waals surface area (Å²) in [5.74, 6) is 0. The number of hydrogen-bond donors (Lipinski definition) is 1. The molecule has 0 saturated heterocycles. The molecule has 0 heterocycles. The fraction of sp³-hybridized carbons (Fsp3) is 0.667. The van der Waals surface area contributed by atoms with Crippen LogP contribution in [-0.2, 0) is 19.1 Å². The predicted molar refractivity (Wildman–Crippen MR) is 36.9 cm³/mol. The molecule has 0 amide bonds. The highest BCUT2D eigenvalue weighted by atomic mass is 16.5. The number of ether oxygens (including phenoxy) is 2. The fourth-order valence-corrected chi connectivity index (χ4v) is 0.483. The van der Waals surface area contributed by atoms with Crippen molar-refractivity contribution >= 4 is 12.9 Å². The molecule has 64 valence electrons. The SMILES string of the molecule is O=COCCNCCOC=O. The van der Waals surface area contributed by atoms with Gasteiger partial charge in [-0.2, -0.15) is 0 Å². The molecule has 0 aliphatic carbocycles. The molecule has 5 heteroatoms. The van der Waals surface area contributed by atoms with Crippen molar-refractivity contribution in [1.82, 2.24) is 5.32 Å².